The topological polar surface area (TPSA) is 49.9 Å². The van der Waals surface area contributed by atoms with Gasteiger partial charge in [-0.1, -0.05) is 37.1 Å². The highest BCUT2D eigenvalue weighted by molar-refractivity contribution is 8.01. The predicted octanol–water partition coefficient (Wildman–Crippen LogP) is 4.47. The molecule has 1 saturated heterocycles. The van der Waals surface area contributed by atoms with Crippen LogP contribution < -0.4 is 9.64 Å². The highest BCUT2D eigenvalue weighted by atomic mass is 32.2. The zero-order chi connectivity index (χ0) is 21.6. The van der Waals surface area contributed by atoms with E-state index in [1.165, 1.54) is 0 Å². The second-order valence-electron chi connectivity index (χ2n) is 8.66. The van der Waals surface area contributed by atoms with Crippen LogP contribution in [0.15, 0.2) is 42.5 Å². The Morgan fingerprint density at radius 2 is 1.97 bits per heavy atom. The molecule has 1 spiro atoms. The zero-order valence-electron chi connectivity index (χ0n) is 18.1. The standard InChI is InChI=1S/C25H28N2O3S/c1-17-7-3-4-10-19(17)16-26-22-12-11-20(30-2)15-21(22)25(24(26)29)27(13-14-31-25)23(28)18-8-5-6-9-18/h3-4,7,10-12,15,18H,5-6,8-9,13-14,16H2,1-2H3. The number of aryl methyl sites for hydroxylation is 1. The molecule has 0 aromatic heterocycles. The Labute approximate surface area is 187 Å². The monoisotopic (exact) mass is 436 g/mol. The van der Waals surface area contributed by atoms with Gasteiger partial charge in [-0.2, -0.15) is 0 Å². The van der Waals surface area contributed by atoms with Crippen molar-refractivity contribution < 1.29 is 14.3 Å². The number of nitrogens with zero attached hydrogens (tertiary/aromatic N) is 2. The molecule has 31 heavy (non-hydrogen) atoms. The number of ether oxygens (including phenoxy) is 1. The van der Waals surface area contributed by atoms with Gasteiger partial charge >= 0.3 is 0 Å². The third kappa shape index (κ3) is 3.15. The maximum absolute atomic E-state index is 14.1. The molecule has 2 heterocycles. The summed E-state index contributed by atoms with van der Waals surface area (Å²) in [5, 5.41) is 0. The lowest BCUT2D eigenvalue weighted by molar-refractivity contribution is -0.143. The van der Waals surface area contributed by atoms with Crippen molar-refractivity contribution in [1.82, 2.24) is 4.90 Å². The lowest BCUT2D eigenvalue weighted by Gasteiger charge is -2.35. The third-order valence-corrected chi connectivity index (χ3v) is 8.38. The van der Waals surface area contributed by atoms with E-state index in [1.807, 2.05) is 40.1 Å². The smallest absolute Gasteiger partial charge is 0.268 e. The number of hydrogen-bond donors (Lipinski definition) is 0. The number of carbonyl (C=O) groups excluding carboxylic acids is 2. The molecular weight excluding hydrogens is 408 g/mol. The number of fused-ring (bicyclic) bond motifs is 2. The second kappa shape index (κ2) is 7.90. The van der Waals surface area contributed by atoms with Crippen molar-refractivity contribution >= 4 is 29.3 Å². The molecule has 2 aliphatic heterocycles. The number of amides is 2. The normalized spacial score (nSPS) is 23.1. The van der Waals surface area contributed by atoms with Crippen LogP contribution in [0.25, 0.3) is 0 Å². The van der Waals surface area contributed by atoms with Crippen LogP contribution in [-0.4, -0.2) is 36.1 Å². The van der Waals surface area contributed by atoms with Crippen LogP contribution in [0.5, 0.6) is 5.75 Å². The van der Waals surface area contributed by atoms with Crippen LogP contribution >= 0.6 is 11.8 Å². The summed E-state index contributed by atoms with van der Waals surface area (Å²) >= 11 is 1.59. The molecule has 1 atom stereocenters. The van der Waals surface area contributed by atoms with E-state index >= 15 is 0 Å². The summed E-state index contributed by atoms with van der Waals surface area (Å²) in [6.45, 7) is 3.18. The van der Waals surface area contributed by atoms with Crippen LogP contribution in [-0.2, 0) is 21.0 Å². The van der Waals surface area contributed by atoms with E-state index in [1.54, 1.807) is 18.9 Å². The lowest BCUT2D eigenvalue weighted by Crippen LogP contribution is -2.51. The quantitative estimate of drug-likeness (QED) is 0.710. The molecule has 2 aromatic carbocycles. The van der Waals surface area contributed by atoms with Crippen LogP contribution in [0.4, 0.5) is 5.69 Å². The average molecular weight is 437 g/mol. The molecule has 1 aliphatic carbocycles. The van der Waals surface area contributed by atoms with Gasteiger partial charge in [0.15, 0.2) is 4.87 Å². The molecule has 5 rings (SSSR count). The third-order valence-electron chi connectivity index (χ3n) is 6.96. The van der Waals surface area contributed by atoms with Crippen molar-refractivity contribution in [1.29, 1.82) is 0 Å². The van der Waals surface area contributed by atoms with Crippen molar-refractivity contribution in [3.8, 4) is 5.75 Å². The Balaban J connectivity index is 1.60. The fraction of sp³-hybridized carbons (Fsp3) is 0.440. The molecule has 6 heteroatoms. The summed E-state index contributed by atoms with van der Waals surface area (Å²) in [5.74, 6) is 1.65. The van der Waals surface area contributed by atoms with Crippen LogP contribution in [0.3, 0.4) is 0 Å². The van der Waals surface area contributed by atoms with Gasteiger partial charge in [0.25, 0.3) is 5.91 Å². The number of methoxy groups -OCH3 is 1. The second-order valence-corrected chi connectivity index (χ2v) is 9.95. The van der Waals surface area contributed by atoms with Gasteiger partial charge in [-0.05, 0) is 49.1 Å². The molecule has 1 saturated carbocycles. The van der Waals surface area contributed by atoms with Crippen LogP contribution in [0.1, 0.15) is 42.4 Å². The number of thioether (sulfide) groups is 1. The number of anilines is 1. The fourth-order valence-corrected chi connectivity index (χ4v) is 6.71. The van der Waals surface area contributed by atoms with Crippen LogP contribution in [0.2, 0.25) is 0 Å². The zero-order valence-corrected chi connectivity index (χ0v) is 18.9. The first kappa shape index (κ1) is 20.4. The highest BCUT2D eigenvalue weighted by Gasteiger charge is 2.60. The van der Waals surface area contributed by atoms with Gasteiger partial charge < -0.3 is 14.5 Å². The molecular formula is C25H28N2O3S. The molecule has 0 N–H and O–H groups in total. The Hall–Kier alpha value is -2.47. The summed E-state index contributed by atoms with van der Waals surface area (Å²) < 4.78 is 5.50. The first-order valence-electron chi connectivity index (χ1n) is 11.1. The Bertz CT molecular complexity index is 1030. The van der Waals surface area contributed by atoms with Gasteiger partial charge in [-0.25, -0.2) is 0 Å². The molecule has 3 aliphatic rings. The number of benzene rings is 2. The van der Waals surface area contributed by atoms with E-state index in [0.29, 0.717) is 18.8 Å². The van der Waals surface area contributed by atoms with Crippen molar-refractivity contribution in [2.45, 2.75) is 44.0 Å². The predicted molar refractivity (Wildman–Crippen MR) is 123 cm³/mol. The number of rotatable bonds is 4. The van der Waals surface area contributed by atoms with E-state index in [-0.39, 0.29) is 17.7 Å². The Morgan fingerprint density at radius 3 is 2.71 bits per heavy atom. The molecule has 0 bridgehead atoms. The number of hydrogen-bond acceptors (Lipinski definition) is 4. The molecule has 2 aromatic rings. The number of carbonyl (C=O) groups is 2. The van der Waals surface area contributed by atoms with E-state index in [0.717, 1.165) is 53.8 Å². The van der Waals surface area contributed by atoms with E-state index in [4.69, 9.17) is 4.74 Å². The maximum Gasteiger partial charge on any atom is 0.268 e. The highest BCUT2D eigenvalue weighted by Crippen LogP contribution is 2.56. The van der Waals surface area contributed by atoms with Gasteiger partial charge in [0.2, 0.25) is 5.91 Å². The summed E-state index contributed by atoms with van der Waals surface area (Å²) in [6, 6.07) is 14.0. The molecule has 1 unspecified atom stereocenters. The van der Waals surface area contributed by atoms with Gasteiger partial charge in [0, 0.05) is 23.8 Å². The van der Waals surface area contributed by atoms with Gasteiger partial charge in [-0.15, -0.1) is 11.8 Å². The van der Waals surface area contributed by atoms with Crippen molar-refractivity contribution in [2.24, 2.45) is 5.92 Å². The minimum atomic E-state index is -0.980. The molecule has 162 valence electrons. The Morgan fingerprint density at radius 1 is 1.19 bits per heavy atom. The summed E-state index contributed by atoms with van der Waals surface area (Å²) in [5.41, 5.74) is 4.04. The SMILES string of the molecule is COc1ccc2c(c1)C1(SCCN1C(=O)C1CCCC1)C(=O)N2Cc1ccccc1C. The van der Waals surface area contributed by atoms with Crippen LogP contribution in [0, 0.1) is 12.8 Å². The van der Waals surface area contributed by atoms with Gasteiger partial charge in [0.1, 0.15) is 5.75 Å². The molecule has 2 fully saturated rings. The minimum Gasteiger partial charge on any atom is -0.497 e. The molecule has 2 amide bonds. The van der Waals surface area contributed by atoms with E-state index in [2.05, 4.69) is 19.1 Å². The van der Waals surface area contributed by atoms with Crippen molar-refractivity contribution in [2.75, 3.05) is 24.3 Å². The Kier molecular flexibility index (Phi) is 5.21. The molecule has 0 radical (unpaired) electrons. The summed E-state index contributed by atoms with van der Waals surface area (Å²) in [4.78, 5) is 30.4. The van der Waals surface area contributed by atoms with Crippen molar-refractivity contribution in [3.05, 3.63) is 59.2 Å². The summed E-state index contributed by atoms with van der Waals surface area (Å²) in [7, 11) is 1.64. The minimum absolute atomic E-state index is 0.00662. The van der Waals surface area contributed by atoms with Gasteiger partial charge in [0.05, 0.1) is 19.3 Å². The lowest BCUT2D eigenvalue weighted by atomic mass is 10.0. The van der Waals surface area contributed by atoms with E-state index < -0.39 is 4.87 Å². The first-order chi connectivity index (χ1) is 15.1. The van der Waals surface area contributed by atoms with Crippen molar-refractivity contribution in [3.63, 3.8) is 0 Å². The fourth-order valence-electron chi connectivity index (χ4n) is 5.25. The molecule has 5 nitrogen and oxygen atoms in total. The average Bonchev–Trinajstić information content (AvgIpc) is 3.52. The first-order valence-corrected chi connectivity index (χ1v) is 12.1. The van der Waals surface area contributed by atoms with Gasteiger partial charge in [-0.3, -0.25) is 9.59 Å². The maximum atomic E-state index is 14.1. The largest absolute Gasteiger partial charge is 0.497 e. The van der Waals surface area contributed by atoms with E-state index in [9.17, 15) is 9.59 Å². The summed E-state index contributed by atoms with van der Waals surface area (Å²) in [6.07, 6.45) is 4.06.